The van der Waals surface area contributed by atoms with Crippen LogP contribution in [-0.4, -0.2) is 66.1 Å². The van der Waals surface area contributed by atoms with Crippen molar-refractivity contribution in [2.24, 2.45) is 0 Å². The van der Waals surface area contributed by atoms with Crippen LogP contribution >= 0.6 is 0 Å². The van der Waals surface area contributed by atoms with Gasteiger partial charge in [-0.1, -0.05) is 198 Å². The van der Waals surface area contributed by atoms with Gasteiger partial charge < -0.3 is 51.1 Å². The first-order chi connectivity index (χ1) is 24.1. The molecule has 0 saturated heterocycles. The first-order valence-electron chi connectivity index (χ1n) is 20.0. The van der Waals surface area contributed by atoms with Crippen molar-refractivity contribution in [1.29, 1.82) is 0 Å². The minimum absolute atomic E-state index is 0. The van der Waals surface area contributed by atoms with E-state index in [9.17, 15) is 51.1 Å². The van der Waals surface area contributed by atoms with Gasteiger partial charge in [0.25, 0.3) is 0 Å². The summed E-state index contributed by atoms with van der Waals surface area (Å²) in [7, 11) is 0. The fourth-order valence-electron chi connectivity index (χ4n) is 1.44. The van der Waals surface area contributed by atoms with Gasteiger partial charge in [-0.15, -0.1) is 66.1 Å². The van der Waals surface area contributed by atoms with Gasteiger partial charge in [-0.2, -0.15) is 0 Å². The van der Waals surface area contributed by atoms with Crippen molar-refractivity contribution in [1.82, 2.24) is 0 Å². The Morgan fingerprint density at radius 3 is 0.231 bits per heavy atom. The zero-order chi connectivity index (χ0) is 41.2. The van der Waals surface area contributed by atoms with Crippen LogP contribution in [0.3, 0.4) is 0 Å². The molecule has 52 heavy (non-hydrogen) atoms. The van der Waals surface area contributed by atoms with Crippen molar-refractivity contribution >= 4 is 0 Å². The second kappa shape index (κ2) is 141. The molecule has 0 rings (SSSR count). The Hall–Kier alpha value is 1.08. The molecular formula is C40H90Nb2O10. The van der Waals surface area contributed by atoms with Crippen LogP contribution < -0.4 is 51.1 Å². The Balaban J connectivity index is -0.0000000340. The molecule has 0 aromatic rings. The summed E-state index contributed by atoms with van der Waals surface area (Å²) >= 11 is 0. The van der Waals surface area contributed by atoms with Gasteiger partial charge in [-0.05, 0) is 0 Å². The van der Waals surface area contributed by atoms with Gasteiger partial charge in [-0.25, -0.2) is 0 Å². The molecular weight excluding hydrogens is 826 g/mol. The number of rotatable bonds is 20. The van der Waals surface area contributed by atoms with E-state index in [1.807, 2.05) is 69.2 Å². The van der Waals surface area contributed by atoms with E-state index in [1.54, 1.807) is 0 Å². The average molecular weight is 917 g/mol. The average Bonchev–Trinajstić information content (AvgIpc) is 3.11. The van der Waals surface area contributed by atoms with Crippen LogP contribution in [0.2, 0.25) is 0 Å². The maximum atomic E-state index is 9.53. The monoisotopic (exact) mass is 916 g/mol. The van der Waals surface area contributed by atoms with Gasteiger partial charge in [0.2, 0.25) is 0 Å². The Morgan fingerprint density at radius 1 is 0.173 bits per heavy atom. The fraction of sp³-hybridized carbons (Fsp3) is 1.00. The Bertz CT molecular complexity index is 223. The molecule has 10 nitrogen and oxygen atoms in total. The van der Waals surface area contributed by atoms with E-state index in [4.69, 9.17) is 0 Å². The largest absolute Gasteiger partial charge is 5.00 e. The van der Waals surface area contributed by atoms with Gasteiger partial charge >= 0.3 is 44.8 Å². The van der Waals surface area contributed by atoms with Gasteiger partial charge in [0.1, 0.15) is 0 Å². The molecule has 0 fully saturated rings. The summed E-state index contributed by atoms with van der Waals surface area (Å²) < 4.78 is 0. The van der Waals surface area contributed by atoms with E-state index < -0.39 is 0 Å². The van der Waals surface area contributed by atoms with Crippen LogP contribution in [0.15, 0.2) is 0 Å². The maximum absolute atomic E-state index is 9.53. The molecule has 12 heteroatoms. The maximum Gasteiger partial charge on any atom is 5.00 e. The zero-order valence-corrected chi connectivity index (χ0v) is 40.6. The van der Waals surface area contributed by atoms with Gasteiger partial charge in [0.15, 0.2) is 0 Å². The number of unbranched alkanes of at least 4 members (excludes halogenated alkanes) is 10. The predicted octanol–water partition coefficient (Wildman–Crippen LogP) is 1.46. The second-order valence-electron chi connectivity index (χ2n) is 10.6. The summed E-state index contributed by atoms with van der Waals surface area (Å²) in [5.74, 6) is 0. The zero-order valence-electron chi connectivity index (χ0n) is 36.2. The second-order valence-corrected chi connectivity index (χ2v) is 10.6. The van der Waals surface area contributed by atoms with Crippen molar-refractivity contribution in [2.45, 2.75) is 198 Å². The van der Waals surface area contributed by atoms with Crippen molar-refractivity contribution in [3.63, 3.8) is 0 Å². The van der Waals surface area contributed by atoms with Crippen LogP contribution in [0.25, 0.3) is 0 Å². The van der Waals surface area contributed by atoms with E-state index >= 15 is 0 Å². The van der Waals surface area contributed by atoms with Gasteiger partial charge in [0, 0.05) is 0 Å². The van der Waals surface area contributed by atoms with Crippen LogP contribution in [0.5, 0.6) is 0 Å². The molecule has 0 radical (unpaired) electrons. The first-order valence-corrected chi connectivity index (χ1v) is 20.0. The third-order valence-electron chi connectivity index (χ3n) is 4.98. The summed E-state index contributed by atoms with van der Waals surface area (Å²) in [6.07, 6.45) is 18.6. The molecule has 0 amide bonds. The smallest absolute Gasteiger partial charge is 0.854 e. The van der Waals surface area contributed by atoms with E-state index in [1.165, 1.54) is 0 Å². The predicted molar refractivity (Wildman–Crippen MR) is 198 cm³/mol. The van der Waals surface area contributed by atoms with Crippen LogP contribution in [0, 0.1) is 0 Å². The van der Waals surface area contributed by atoms with E-state index in [2.05, 4.69) is 0 Å². The van der Waals surface area contributed by atoms with Crippen LogP contribution in [-0.2, 0) is 44.8 Å². The van der Waals surface area contributed by atoms with Crippen LogP contribution in [0.1, 0.15) is 198 Å². The summed E-state index contributed by atoms with van der Waals surface area (Å²) in [4.78, 5) is 0. The third-order valence-corrected chi connectivity index (χ3v) is 4.98. The van der Waals surface area contributed by atoms with E-state index in [0.29, 0.717) is 0 Å². The summed E-state index contributed by atoms with van der Waals surface area (Å²) in [6, 6.07) is 0. The fourth-order valence-corrected chi connectivity index (χ4v) is 1.44. The Labute approximate surface area is 357 Å². The summed E-state index contributed by atoms with van der Waals surface area (Å²) in [5.41, 5.74) is 0. The van der Waals surface area contributed by atoms with Crippen molar-refractivity contribution < 1.29 is 95.8 Å². The van der Waals surface area contributed by atoms with E-state index in [0.717, 1.165) is 128 Å². The minimum Gasteiger partial charge on any atom is -0.854 e. The van der Waals surface area contributed by atoms with Gasteiger partial charge in [-0.3, -0.25) is 0 Å². The molecule has 320 valence electrons. The molecule has 0 aliphatic rings. The number of hydrogen-bond donors (Lipinski definition) is 0. The quantitative estimate of drug-likeness (QED) is 0.160. The molecule has 0 heterocycles. The van der Waals surface area contributed by atoms with Crippen LogP contribution in [0.4, 0.5) is 0 Å². The standard InChI is InChI=1S/10C4H9O.2Nb/c10*1-2-3-4-5;;/h10*2-4H2,1H3;;/q10*-1;2*+5. The molecule has 0 aliphatic carbocycles. The SMILES string of the molecule is CCCC[O-].CCCC[O-].CCCC[O-].CCCC[O-].CCCC[O-].CCCC[O-].CCCC[O-].CCCC[O-].CCCC[O-].CCCC[O-].[Nb+5].[Nb+5]. The molecule has 0 bridgehead atoms. The van der Waals surface area contributed by atoms with Crippen molar-refractivity contribution in [3.8, 4) is 0 Å². The Kier molecular flexibility index (Phi) is 231. The molecule has 0 unspecified atom stereocenters. The van der Waals surface area contributed by atoms with Crippen molar-refractivity contribution in [3.05, 3.63) is 0 Å². The molecule has 0 saturated carbocycles. The molecule has 0 N–H and O–H groups in total. The third kappa shape index (κ3) is 288. The number of hydrogen-bond acceptors (Lipinski definition) is 10. The van der Waals surface area contributed by atoms with E-state index in [-0.39, 0.29) is 111 Å². The first kappa shape index (κ1) is 85.3. The normalized spacial score (nSPS) is 8.08. The van der Waals surface area contributed by atoms with Crippen molar-refractivity contribution in [2.75, 3.05) is 66.1 Å². The minimum atomic E-state index is 0. The molecule has 0 atom stereocenters. The molecule has 0 spiro atoms. The summed E-state index contributed by atoms with van der Waals surface area (Å²) in [5, 5.41) is 95.3. The molecule has 0 aliphatic heterocycles. The van der Waals surface area contributed by atoms with Gasteiger partial charge in [0.05, 0.1) is 0 Å². The summed E-state index contributed by atoms with van der Waals surface area (Å²) in [6.45, 7) is 21.1. The Morgan fingerprint density at radius 2 is 0.231 bits per heavy atom. The topological polar surface area (TPSA) is 231 Å². The molecule has 0 aromatic heterocycles. The molecule has 0 aromatic carbocycles.